The van der Waals surface area contributed by atoms with E-state index in [1.807, 2.05) is 13.8 Å². The van der Waals surface area contributed by atoms with Crippen molar-refractivity contribution in [3.05, 3.63) is 17.3 Å². The van der Waals surface area contributed by atoms with Gasteiger partial charge in [0, 0.05) is 33.1 Å². The smallest absolute Gasteiger partial charge is 0.191 e. The Morgan fingerprint density at radius 1 is 1.36 bits per heavy atom. The Labute approximate surface area is 84.3 Å². The first-order valence-electron chi connectivity index (χ1n) is 5.11. The molecule has 78 valence electrons. The minimum atomic E-state index is 0.771. The van der Waals surface area contributed by atoms with Crippen LogP contribution in [0.5, 0.6) is 0 Å². The Morgan fingerprint density at radius 3 is 2.64 bits per heavy atom. The molecule has 0 unspecified atom stereocenters. The van der Waals surface area contributed by atoms with Gasteiger partial charge in [-0.2, -0.15) is 0 Å². The van der Waals surface area contributed by atoms with E-state index in [9.17, 15) is 0 Å². The molecular weight excluding hydrogens is 178 g/mol. The molecule has 1 saturated heterocycles. The standard InChI is InChI=1S/C10H17N3O/c1-8-10(14-9(2)12-8)7-13-5-3-11-4-6-13/h11H,3-7H2,1-2H3. The van der Waals surface area contributed by atoms with Crippen LogP contribution in [0.15, 0.2) is 4.42 Å². The van der Waals surface area contributed by atoms with Gasteiger partial charge in [-0.05, 0) is 6.92 Å². The van der Waals surface area contributed by atoms with E-state index in [2.05, 4.69) is 15.2 Å². The van der Waals surface area contributed by atoms with E-state index in [-0.39, 0.29) is 0 Å². The molecule has 0 saturated carbocycles. The molecule has 2 heterocycles. The molecule has 2 rings (SSSR count). The number of nitrogens with one attached hydrogen (secondary N) is 1. The Balaban J connectivity index is 1.98. The molecule has 1 aliphatic rings. The molecule has 0 aliphatic carbocycles. The molecule has 0 bridgehead atoms. The van der Waals surface area contributed by atoms with Crippen molar-refractivity contribution < 1.29 is 4.42 Å². The topological polar surface area (TPSA) is 41.3 Å². The summed E-state index contributed by atoms with van der Waals surface area (Å²) in [6.07, 6.45) is 0. The zero-order chi connectivity index (χ0) is 9.97. The SMILES string of the molecule is Cc1nc(C)c(CN2CCNCC2)o1. The number of aromatic nitrogens is 1. The van der Waals surface area contributed by atoms with Gasteiger partial charge in [0.15, 0.2) is 5.89 Å². The van der Waals surface area contributed by atoms with Crippen LogP contribution in [-0.4, -0.2) is 36.1 Å². The largest absolute Gasteiger partial charge is 0.444 e. The minimum Gasteiger partial charge on any atom is -0.444 e. The van der Waals surface area contributed by atoms with Crippen molar-refractivity contribution in [1.29, 1.82) is 0 Å². The lowest BCUT2D eigenvalue weighted by molar-refractivity contribution is 0.214. The van der Waals surface area contributed by atoms with Crippen LogP contribution in [0.4, 0.5) is 0 Å². The first kappa shape index (κ1) is 9.68. The van der Waals surface area contributed by atoms with E-state index in [4.69, 9.17) is 4.42 Å². The summed E-state index contributed by atoms with van der Waals surface area (Å²) in [5.41, 5.74) is 1.03. The maximum atomic E-state index is 5.54. The molecule has 1 fully saturated rings. The molecule has 0 aromatic carbocycles. The Hall–Kier alpha value is -0.870. The minimum absolute atomic E-state index is 0.771. The summed E-state index contributed by atoms with van der Waals surface area (Å²) in [5.74, 6) is 1.79. The fraction of sp³-hybridized carbons (Fsp3) is 0.700. The molecule has 0 radical (unpaired) electrons. The van der Waals surface area contributed by atoms with Crippen LogP contribution in [0.1, 0.15) is 17.3 Å². The fourth-order valence-electron chi connectivity index (χ4n) is 1.79. The van der Waals surface area contributed by atoms with E-state index >= 15 is 0 Å². The predicted molar refractivity (Wildman–Crippen MR) is 54.1 cm³/mol. The second-order valence-corrected chi connectivity index (χ2v) is 3.77. The number of nitrogens with zero attached hydrogens (tertiary/aromatic N) is 2. The summed E-state index contributed by atoms with van der Waals surface area (Å²) in [4.78, 5) is 6.66. The molecule has 1 aromatic heterocycles. The first-order chi connectivity index (χ1) is 6.75. The number of hydrogen-bond acceptors (Lipinski definition) is 4. The van der Waals surface area contributed by atoms with Crippen molar-refractivity contribution in [3.63, 3.8) is 0 Å². The van der Waals surface area contributed by atoms with Gasteiger partial charge in [-0.1, -0.05) is 0 Å². The molecule has 0 spiro atoms. The first-order valence-corrected chi connectivity index (χ1v) is 5.11. The van der Waals surface area contributed by atoms with E-state index in [1.54, 1.807) is 0 Å². The van der Waals surface area contributed by atoms with Crippen LogP contribution in [0.3, 0.4) is 0 Å². The summed E-state index contributed by atoms with van der Waals surface area (Å²) < 4.78 is 5.54. The Kier molecular flexibility index (Phi) is 2.84. The van der Waals surface area contributed by atoms with Crippen LogP contribution in [0, 0.1) is 13.8 Å². The van der Waals surface area contributed by atoms with Gasteiger partial charge in [0.1, 0.15) is 5.76 Å². The van der Waals surface area contributed by atoms with Crippen LogP contribution < -0.4 is 5.32 Å². The zero-order valence-electron chi connectivity index (χ0n) is 8.84. The molecule has 1 aliphatic heterocycles. The van der Waals surface area contributed by atoms with Gasteiger partial charge >= 0.3 is 0 Å². The van der Waals surface area contributed by atoms with Crippen LogP contribution in [0.2, 0.25) is 0 Å². The monoisotopic (exact) mass is 195 g/mol. The van der Waals surface area contributed by atoms with Gasteiger partial charge in [0.25, 0.3) is 0 Å². The molecule has 0 atom stereocenters. The van der Waals surface area contributed by atoms with Gasteiger partial charge in [0.2, 0.25) is 0 Å². The lowest BCUT2D eigenvalue weighted by Gasteiger charge is -2.26. The summed E-state index contributed by atoms with van der Waals surface area (Å²) in [5, 5.41) is 3.33. The summed E-state index contributed by atoms with van der Waals surface area (Å²) in [7, 11) is 0. The molecule has 1 N–H and O–H groups in total. The highest BCUT2D eigenvalue weighted by atomic mass is 16.4. The highest BCUT2D eigenvalue weighted by Crippen LogP contribution is 2.12. The van der Waals surface area contributed by atoms with Crippen molar-refractivity contribution in [3.8, 4) is 0 Å². The maximum absolute atomic E-state index is 5.54. The van der Waals surface area contributed by atoms with Gasteiger partial charge in [0.05, 0.1) is 12.2 Å². The number of aryl methyl sites for hydroxylation is 2. The molecule has 1 aromatic rings. The third kappa shape index (κ3) is 2.13. The van der Waals surface area contributed by atoms with Crippen molar-refractivity contribution >= 4 is 0 Å². The Bertz CT molecular complexity index is 302. The van der Waals surface area contributed by atoms with Crippen molar-refractivity contribution in [2.75, 3.05) is 26.2 Å². The zero-order valence-corrected chi connectivity index (χ0v) is 8.84. The number of piperazine rings is 1. The lowest BCUT2D eigenvalue weighted by atomic mass is 10.3. The Morgan fingerprint density at radius 2 is 2.07 bits per heavy atom. The molecule has 14 heavy (non-hydrogen) atoms. The van der Waals surface area contributed by atoms with Gasteiger partial charge in [-0.15, -0.1) is 0 Å². The van der Waals surface area contributed by atoms with Crippen molar-refractivity contribution in [1.82, 2.24) is 15.2 Å². The maximum Gasteiger partial charge on any atom is 0.191 e. The fourth-order valence-corrected chi connectivity index (χ4v) is 1.79. The quantitative estimate of drug-likeness (QED) is 0.754. The highest BCUT2D eigenvalue weighted by molar-refractivity contribution is 5.07. The molecule has 4 heteroatoms. The lowest BCUT2D eigenvalue weighted by Crippen LogP contribution is -2.42. The third-order valence-electron chi connectivity index (χ3n) is 2.58. The second-order valence-electron chi connectivity index (χ2n) is 3.77. The van der Waals surface area contributed by atoms with E-state index < -0.39 is 0 Å². The summed E-state index contributed by atoms with van der Waals surface area (Å²) >= 11 is 0. The van der Waals surface area contributed by atoms with E-state index in [1.165, 1.54) is 0 Å². The number of oxazole rings is 1. The van der Waals surface area contributed by atoms with Crippen molar-refractivity contribution in [2.45, 2.75) is 20.4 Å². The molecular formula is C10H17N3O. The van der Waals surface area contributed by atoms with Crippen LogP contribution in [-0.2, 0) is 6.54 Å². The van der Waals surface area contributed by atoms with E-state index in [0.29, 0.717) is 0 Å². The molecule has 4 nitrogen and oxygen atoms in total. The van der Waals surface area contributed by atoms with Gasteiger partial charge in [-0.25, -0.2) is 4.98 Å². The predicted octanol–water partition coefficient (Wildman–Crippen LogP) is 0.697. The second kappa shape index (κ2) is 4.11. The third-order valence-corrected chi connectivity index (χ3v) is 2.58. The number of hydrogen-bond donors (Lipinski definition) is 1. The van der Waals surface area contributed by atoms with Crippen LogP contribution >= 0.6 is 0 Å². The average molecular weight is 195 g/mol. The summed E-state index contributed by atoms with van der Waals surface area (Å²) in [6, 6.07) is 0. The summed E-state index contributed by atoms with van der Waals surface area (Å²) in [6.45, 7) is 9.15. The van der Waals surface area contributed by atoms with Gasteiger partial charge in [-0.3, -0.25) is 4.90 Å². The average Bonchev–Trinajstić information content (AvgIpc) is 2.47. The van der Waals surface area contributed by atoms with Gasteiger partial charge < -0.3 is 9.73 Å². The highest BCUT2D eigenvalue weighted by Gasteiger charge is 2.14. The van der Waals surface area contributed by atoms with E-state index in [0.717, 1.165) is 50.1 Å². The normalized spacial score (nSPS) is 18.7. The van der Waals surface area contributed by atoms with Crippen molar-refractivity contribution in [2.24, 2.45) is 0 Å². The van der Waals surface area contributed by atoms with Crippen LogP contribution in [0.25, 0.3) is 0 Å². The molecule has 0 amide bonds. The number of rotatable bonds is 2.